The van der Waals surface area contributed by atoms with Crippen LogP contribution in [0.2, 0.25) is 0 Å². The molecule has 0 fully saturated rings. The number of aromatic nitrogens is 1. The van der Waals surface area contributed by atoms with Gasteiger partial charge in [0.15, 0.2) is 17.7 Å². The Morgan fingerprint density at radius 3 is 2.60 bits per heavy atom. The van der Waals surface area contributed by atoms with Gasteiger partial charge in [0.2, 0.25) is 0 Å². The maximum atomic E-state index is 12.7. The van der Waals surface area contributed by atoms with Crippen LogP contribution in [0.15, 0.2) is 33.5 Å². The lowest BCUT2D eigenvalue weighted by Crippen LogP contribution is -1.84. The number of rotatable bonds is 2. The van der Waals surface area contributed by atoms with Gasteiger partial charge in [-0.2, -0.15) is 4.98 Å². The zero-order valence-electron chi connectivity index (χ0n) is 7.41. The van der Waals surface area contributed by atoms with Crippen LogP contribution in [0.5, 0.6) is 0 Å². The molecule has 0 unspecified atom stereocenters. The molecular weight excluding hydrogens is 265 g/mol. The molecule has 15 heavy (non-hydrogen) atoms. The highest BCUT2D eigenvalue weighted by molar-refractivity contribution is 9.10. The Morgan fingerprint density at radius 1 is 1.33 bits per heavy atom. The summed E-state index contributed by atoms with van der Waals surface area (Å²) in [5.41, 5.74) is 0.796. The van der Waals surface area contributed by atoms with Gasteiger partial charge in [0.1, 0.15) is 5.82 Å². The Labute approximate surface area is 93.1 Å². The van der Waals surface area contributed by atoms with Crippen LogP contribution in [0.1, 0.15) is 10.5 Å². The fourth-order valence-electron chi connectivity index (χ4n) is 1.19. The van der Waals surface area contributed by atoms with E-state index in [4.69, 9.17) is 4.42 Å². The summed E-state index contributed by atoms with van der Waals surface area (Å²) in [6, 6.07) is 5.63. The quantitative estimate of drug-likeness (QED) is 0.787. The number of benzene rings is 1. The summed E-state index contributed by atoms with van der Waals surface area (Å²) in [5, 5.41) is 0. The molecule has 76 valence electrons. The Hall–Kier alpha value is -1.49. The van der Waals surface area contributed by atoms with Gasteiger partial charge in [-0.25, -0.2) is 4.39 Å². The van der Waals surface area contributed by atoms with E-state index in [0.29, 0.717) is 17.6 Å². The van der Waals surface area contributed by atoms with Crippen molar-refractivity contribution in [2.45, 2.75) is 0 Å². The second kappa shape index (κ2) is 3.94. The van der Waals surface area contributed by atoms with E-state index < -0.39 is 0 Å². The maximum absolute atomic E-state index is 12.7. The fourth-order valence-corrected chi connectivity index (χ4v) is 1.55. The lowest BCUT2D eigenvalue weighted by atomic mass is 10.1. The van der Waals surface area contributed by atoms with E-state index in [-0.39, 0.29) is 16.3 Å². The number of oxazole rings is 1. The number of hydrogen-bond donors (Lipinski definition) is 0. The standard InChI is InChI=1S/C10H5BrFNO2/c11-10-13-8(5-14)9(15-10)6-1-3-7(12)4-2-6/h1-5H. The first-order chi connectivity index (χ1) is 7.20. The number of nitrogens with zero attached hydrogens (tertiary/aromatic N) is 1. The van der Waals surface area contributed by atoms with Crippen molar-refractivity contribution < 1.29 is 13.6 Å². The van der Waals surface area contributed by atoms with Crippen molar-refractivity contribution >= 4 is 22.2 Å². The third kappa shape index (κ3) is 1.97. The molecule has 2 rings (SSSR count). The fraction of sp³-hybridized carbons (Fsp3) is 0. The molecular formula is C10H5BrFNO2. The number of aldehydes is 1. The van der Waals surface area contributed by atoms with Crippen molar-refractivity contribution in [1.29, 1.82) is 0 Å². The second-order valence-electron chi connectivity index (χ2n) is 2.81. The van der Waals surface area contributed by atoms with Crippen molar-refractivity contribution in [2.75, 3.05) is 0 Å². The Kier molecular flexibility index (Phi) is 2.64. The van der Waals surface area contributed by atoms with E-state index in [1.54, 1.807) is 0 Å². The minimum absolute atomic E-state index is 0.188. The predicted octanol–water partition coefficient (Wildman–Crippen LogP) is 3.06. The van der Waals surface area contributed by atoms with E-state index in [1.807, 2.05) is 0 Å². The number of carbonyl (C=O) groups excluding carboxylic acids is 1. The normalized spacial score (nSPS) is 10.3. The van der Waals surface area contributed by atoms with Gasteiger partial charge in [-0.05, 0) is 24.3 Å². The van der Waals surface area contributed by atoms with Crippen molar-refractivity contribution in [3.05, 3.63) is 40.6 Å². The molecule has 0 amide bonds. The summed E-state index contributed by atoms with van der Waals surface area (Å²) in [6.45, 7) is 0. The first kappa shape index (κ1) is 10.0. The smallest absolute Gasteiger partial charge is 0.265 e. The summed E-state index contributed by atoms with van der Waals surface area (Å²) in [7, 11) is 0. The predicted molar refractivity (Wildman–Crippen MR) is 55.0 cm³/mol. The molecule has 0 radical (unpaired) electrons. The molecule has 0 atom stereocenters. The average molecular weight is 270 g/mol. The minimum Gasteiger partial charge on any atom is -0.430 e. The monoisotopic (exact) mass is 269 g/mol. The van der Waals surface area contributed by atoms with E-state index in [1.165, 1.54) is 24.3 Å². The lowest BCUT2D eigenvalue weighted by molar-refractivity contribution is 0.112. The molecule has 1 aromatic heterocycles. The Bertz CT molecular complexity index is 493. The Balaban J connectivity index is 2.52. The molecule has 0 saturated heterocycles. The van der Waals surface area contributed by atoms with Crippen LogP contribution in [0.4, 0.5) is 4.39 Å². The molecule has 1 heterocycles. The highest BCUT2D eigenvalue weighted by Crippen LogP contribution is 2.26. The van der Waals surface area contributed by atoms with E-state index in [0.717, 1.165) is 0 Å². The van der Waals surface area contributed by atoms with Gasteiger partial charge in [-0.3, -0.25) is 4.79 Å². The van der Waals surface area contributed by atoms with Crippen LogP contribution in [0, 0.1) is 5.82 Å². The second-order valence-corrected chi connectivity index (χ2v) is 3.48. The van der Waals surface area contributed by atoms with E-state index in [2.05, 4.69) is 20.9 Å². The van der Waals surface area contributed by atoms with Crippen LogP contribution < -0.4 is 0 Å². The Morgan fingerprint density at radius 2 is 2.00 bits per heavy atom. The average Bonchev–Trinajstić information content (AvgIpc) is 2.61. The summed E-state index contributed by atoms with van der Waals surface area (Å²) in [6.07, 6.45) is 0.590. The molecule has 1 aromatic carbocycles. The van der Waals surface area contributed by atoms with Crippen LogP contribution in [0.25, 0.3) is 11.3 Å². The van der Waals surface area contributed by atoms with Gasteiger partial charge in [-0.1, -0.05) is 0 Å². The molecule has 0 N–H and O–H groups in total. The highest BCUT2D eigenvalue weighted by atomic mass is 79.9. The molecule has 0 saturated carbocycles. The maximum Gasteiger partial charge on any atom is 0.265 e. The van der Waals surface area contributed by atoms with E-state index >= 15 is 0 Å². The van der Waals surface area contributed by atoms with Crippen molar-refractivity contribution in [3.8, 4) is 11.3 Å². The SMILES string of the molecule is O=Cc1nc(Br)oc1-c1ccc(F)cc1. The third-order valence-electron chi connectivity index (χ3n) is 1.85. The van der Waals surface area contributed by atoms with Gasteiger partial charge in [0.25, 0.3) is 4.80 Å². The summed E-state index contributed by atoms with van der Waals surface area (Å²) >= 11 is 3.02. The lowest BCUT2D eigenvalue weighted by Gasteiger charge is -1.95. The first-order valence-corrected chi connectivity index (χ1v) is 4.87. The van der Waals surface area contributed by atoms with Gasteiger partial charge in [0.05, 0.1) is 0 Å². The summed E-state index contributed by atoms with van der Waals surface area (Å²) in [5.74, 6) is -0.0122. The molecule has 2 aromatic rings. The zero-order valence-corrected chi connectivity index (χ0v) is 8.99. The molecule has 0 aliphatic carbocycles. The van der Waals surface area contributed by atoms with Gasteiger partial charge in [0, 0.05) is 21.5 Å². The van der Waals surface area contributed by atoms with Crippen LogP contribution in [-0.2, 0) is 0 Å². The highest BCUT2D eigenvalue weighted by Gasteiger charge is 2.12. The number of halogens is 2. The first-order valence-electron chi connectivity index (χ1n) is 4.08. The summed E-state index contributed by atoms with van der Waals surface area (Å²) < 4.78 is 17.8. The zero-order chi connectivity index (χ0) is 10.8. The number of hydrogen-bond acceptors (Lipinski definition) is 3. The third-order valence-corrected chi connectivity index (χ3v) is 2.18. The van der Waals surface area contributed by atoms with Crippen LogP contribution in [0.3, 0.4) is 0 Å². The van der Waals surface area contributed by atoms with Crippen LogP contribution in [-0.4, -0.2) is 11.3 Å². The van der Waals surface area contributed by atoms with E-state index in [9.17, 15) is 9.18 Å². The molecule has 0 aliphatic heterocycles. The van der Waals surface area contributed by atoms with Crippen molar-refractivity contribution in [2.24, 2.45) is 0 Å². The minimum atomic E-state index is -0.343. The van der Waals surface area contributed by atoms with Crippen LogP contribution >= 0.6 is 15.9 Å². The topological polar surface area (TPSA) is 43.1 Å². The molecule has 3 nitrogen and oxygen atoms in total. The molecule has 0 aliphatic rings. The number of carbonyl (C=O) groups is 1. The van der Waals surface area contributed by atoms with Gasteiger partial charge in [-0.15, -0.1) is 0 Å². The van der Waals surface area contributed by atoms with Gasteiger partial charge < -0.3 is 4.42 Å². The largest absolute Gasteiger partial charge is 0.430 e. The molecule has 0 spiro atoms. The molecule has 5 heteroatoms. The van der Waals surface area contributed by atoms with Crippen molar-refractivity contribution in [3.63, 3.8) is 0 Å². The van der Waals surface area contributed by atoms with Gasteiger partial charge >= 0.3 is 0 Å². The molecule has 0 bridgehead atoms. The van der Waals surface area contributed by atoms with Crippen molar-refractivity contribution in [1.82, 2.24) is 4.98 Å². The summed E-state index contributed by atoms with van der Waals surface area (Å²) in [4.78, 5) is 14.7.